The lowest BCUT2D eigenvalue weighted by Gasteiger charge is -2.10. The van der Waals surface area contributed by atoms with E-state index in [2.05, 4.69) is 10.5 Å². The lowest BCUT2D eigenvalue weighted by molar-refractivity contribution is 0.0694. The smallest absolute Gasteiger partial charge is 0.343 e. The third-order valence-corrected chi connectivity index (χ3v) is 4.40. The fraction of sp³-hybridized carbons (Fsp3) is 0.0455. The minimum absolute atomic E-state index is 0.0455. The first kappa shape index (κ1) is 21.8. The number of carboxylic acids is 1. The minimum Gasteiger partial charge on any atom is -0.493 e. The zero-order valence-corrected chi connectivity index (χ0v) is 16.9. The average molecular weight is 443 g/mol. The second-order valence-corrected chi connectivity index (χ2v) is 6.58. The number of carbonyl (C=O) groups excluding carboxylic acids is 1. The van der Waals surface area contributed by atoms with E-state index < -0.39 is 17.8 Å². The van der Waals surface area contributed by atoms with Crippen LogP contribution < -0.4 is 14.9 Å². The van der Waals surface area contributed by atoms with Crippen molar-refractivity contribution in [2.24, 2.45) is 5.10 Å². The lowest BCUT2D eigenvalue weighted by Crippen LogP contribution is -2.09. The van der Waals surface area contributed by atoms with Gasteiger partial charge in [0.15, 0.2) is 11.5 Å². The van der Waals surface area contributed by atoms with Crippen LogP contribution in [0.4, 0.5) is 10.1 Å². The molecular weight excluding hydrogens is 427 g/mol. The van der Waals surface area contributed by atoms with Gasteiger partial charge >= 0.3 is 11.9 Å². The number of aromatic carboxylic acids is 1. The van der Waals surface area contributed by atoms with Gasteiger partial charge in [-0.25, -0.2) is 14.0 Å². The molecule has 0 atom stereocenters. The molecule has 0 aliphatic heterocycles. The van der Waals surface area contributed by atoms with E-state index in [9.17, 15) is 14.0 Å². The Labute approximate surface area is 181 Å². The maximum absolute atomic E-state index is 13.0. The summed E-state index contributed by atoms with van der Waals surface area (Å²) in [4.78, 5) is 23.4. The van der Waals surface area contributed by atoms with Gasteiger partial charge in [0.05, 0.1) is 35.2 Å². The second kappa shape index (κ2) is 9.73. The van der Waals surface area contributed by atoms with Crippen molar-refractivity contribution in [2.75, 3.05) is 12.5 Å². The molecule has 31 heavy (non-hydrogen) atoms. The summed E-state index contributed by atoms with van der Waals surface area (Å²) in [6.07, 6.45) is 1.48. The van der Waals surface area contributed by atoms with Gasteiger partial charge in [-0.05, 0) is 66.2 Å². The number of benzene rings is 3. The summed E-state index contributed by atoms with van der Waals surface area (Å²) in [5, 5.41) is 13.3. The Balaban J connectivity index is 1.71. The van der Waals surface area contributed by atoms with Gasteiger partial charge < -0.3 is 14.6 Å². The molecule has 3 rings (SSSR count). The number of carbonyl (C=O) groups is 2. The maximum Gasteiger partial charge on any atom is 0.343 e. The van der Waals surface area contributed by atoms with Crippen LogP contribution in [0, 0.1) is 5.82 Å². The zero-order chi connectivity index (χ0) is 22.4. The molecule has 0 aliphatic rings. The molecular formula is C22H16ClFN2O5. The number of nitrogens with one attached hydrogen (secondary N) is 1. The normalized spacial score (nSPS) is 10.7. The van der Waals surface area contributed by atoms with Crippen molar-refractivity contribution in [3.8, 4) is 11.5 Å². The molecule has 0 radical (unpaired) electrons. The zero-order valence-electron chi connectivity index (χ0n) is 16.1. The van der Waals surface area contributed by atoms with Crippen LogP contribution in [0.15, 0.2) is 65.8 Å². The van der Waals surface area contributed by atoms with Gasteiger partial charge in [0, 0.05) is 0 Å². The predicted molar refractivity (Wildman–Crippen MR) is 114 cm³/mol. The minimum atomic E-state index is -1.15. The van der Waals surface area contributed by atoms with Crippen LogP contribution in [-0.4, -0.2) is 30.4 Å². The Morgan fingerprint density at radius 2 is 1.81 bits per heavy atom. The van der Waals surface area contributed by atoms with Crippen LogP contribution in [0.25, 0.3) is 0 Å². The van der Waals surface area contributed by atoms with Gasteiger partial charge in [-0.15, -0.1) is 0 Å². The van der Waals surface area contributed by atoms with Crippen LogP contribution in [0.3, 0.4) is 0 Å². The maximum atomic E-state index is 13.0. The van der Waals surface area contributed by atoms with Crippen molar-refractivity contribution >= 4 is 35.4 Å². The van der Waals surface area contributed by atoms with Crippen LogP contribution in [0.5, 0.6) is 11.5 Å². The molecule has 0 aromatic heterocycles. The summed E-state index contributed by atoms with van der Waals surface area (Å²) < 4.78 is 23.6. The summed E-state index contributed by atoms with van der Waals surface area (Å²) in [7, 11) is 1.42. The Bertz CT molecular complexity index is 1150. The topological polar surface area (TPSA) is 97.2 Å². The fourth-order valence-corrected chi connectivity index (χ4v) is 2.73. The number of rotatable bonds is 7. The number of halogens is 2. The number of methoxy groups -OCH3 is 1. The van der Waals surface area contributed by atoms with E-state index in [0.29, 0.717) is 17.0 Å². The second-order valence-electron chi connectivity index (χ2n) is 6.18. The molecule has 0 heterocycles. The molecule has 0 spiro atoms. The molecule has 0 unspecified atom stereocenters. The van der Waals surface area contributed by atoms with Gasteiger partial charge in [-0.2, -0.15) is 5.10 Å². The van der Waals surface area contributed by atoms with E-state index >= 15 is 0 Å². The largest absolute Gasteiger partial charge is 0.493 e. The third-order valence-electron chi connectivity index (χ3n) is 4.07. The standard InChI is InChI=1S/C22H16ClFN2O5/c1-30-20-10-13(12-25-26-16-7-8-18(23)17(11-16)21(27)28)2-9-19(20)31-22(29)14-3-5-15(24)6-4-14/h2-12,26H,1H3,(H,27,28)/b25-12+. The Morgan fingerprint density at radius 1 is 1.06 bits per heavy atom. The highest BCUT2D eigenvalue weighted by molar-refractivity contribution is 6.33. The van der Waals surface area contributed by atoms with E-state index in [4.69, 9.17) is 26.2 Å². The van der Waals surface area contributed by atoms with Crippen LogP contribution in [-0.2, 0) is 0 Å². The van der Waals surface area contributed by atoms with Gasteiger partial charge in [0.2, 0.25) is 0 Å². The Hall–Kier alpha value is -3.91. The SMILES string of the molecule is COc1cc(/C=N/Nc2ccc(Cl)c(C(=O)O)c2)ccc1OC(=O)c1ccc(F)cc1. The first-order valence-electron chi connectivity index (χ1n) is 8.85. The van der Waals surface area contributed by atoms with Gasteiger partial charge in [0.25, 0.3) is 0 Å². The summed E-state index contributed by atoms with van der Waals surface area (Å²) in [5.74, 6) is -1.78. The summed E-state index contributed by atoms with van der Waals surface area (Å²) in [6, 6.07) is 14.2. The predicted octanol–water partition coefficient (Wildman–Crippen LogP) is 4.85. The molecule has 2 N–H and O–H groups in total. The molecule has 9 heteroatoms. The van der Waals surface area contributed by atoms with E-state index in [1.54, 1.807) is 18.2 Å². The number of hydrazone groups is 1. The summed E-state index contributed by atoms with van der Waals surface area (Å²) >= 11 is 5.84. The van der Waals surface area contributed by atoms with Crippen molar-refractivity contribution in [2.45, 2.75) is 0 Å². The average Bonchev–Trinajstić information content (AvgIpc) is 2.76. The number of nitrogens with zero attached hydrogens (tertiary/aromatic N) is 1. The van der Waals surface area contributed by atoms with Crippen molar-refractivity contribution in [3.63, 3.8) is 0 Å². The molecule has 0 aliphatic carbocycles. The van der Waals surface area contributed by atoms with Crippen molar-refractivity contribution in [1.82, 2.24) is 0 Å². The number of carboxylic acid groups (broad SMARTS) is 1. The lowest BCUT2D eigenvalue weighted by atomic mass is 10.2. The summed E-state index contributed by atoms with van der Waals surface area (Å²) in [5.41, 5.74) is 3.93. The van der Waals surface area contributed by atoms with Crippen molar-refractivity contribution in [3.05, 3.63) is 88.2 Å². The van der Waals surface area contributed by atoms with Crippen molar-refractivity contribution in [1.29, 1.82) is 0 Å². The number of anilines is 1. The van der Waals surface area contributed by atoms with Gasteiger partial charge in [0.1, 0.15) is 5.82 Å². The molecule has 7 nitrogen and oxygen atoms in total. The first-order chi connectivity index (χ1) is 14.9. The number of ether oxygens (including phenoxy) is 2. The molecule has 0 bridgehead atoms. The van der Waals surface area contributed by atoms with Crippen LogP contribution in [0.1, 0.15) is 26.3 Å². The quantitative estimate of drug-likeness (QED) is 0.235. The highest BCUT2D eigenvalue weighted by Crippen LogP contribution is 2.28. The number of esters is 1. The number of hydrogen-bond donors (Lipinski definition) is 2. The molecule has 3 aromatic rings. The van der Waals surface area contributed by atoms with Crippen LogP contribution >= 0.6 is 11.6 Å². The van der Waals surface area contributed by atoms with Crippen molar-refractivity contribution < 1.29 is 28.6 Å². The monoisotopic (exact) mass is 442 g/mol. The summed E-state index contributed by atoms with van der Waals surface area (Å²) in [6.45, 7) is 0. The first-order valence-corrected chi connectivity index (χ1v) is 9.23. The van der Waals surface area contributed by atoms with Crippen LogP contribution in [0.2, 0.25) is 5.02 Å². The Morgan fingerprint density at radius 3 is 2.48 bits per heavy atom. The Kier molecular flexibility index (Phi) is 6.84. The van der Waals surface area contributed by atoms with E-state index in [1.807, 2.05) is 0 Å². The third kappa shape index (κ3) is 5.58. The van der Waals surface area contributed by atoms with Gasteiger partial charge in [-0.3, -0.25) is 5.43 Å². The molecule has 0 saturated heterocycles. The molecule has 3 aromatic carbocycles. The molecule has 0 fully saturated rings. The van der Waals surface area contributed by atoms with E-state index in [1.165, 1.54) is 55.8 Å². The molecule has 0 amide bonds. The molecule has 0 saturated carbocycles. The van der Waals surface area contributed by atoms with E-state index in [-0.39, 0.29) is 21.9 Å². The van der Waals surface area contributed by atoms with E-state index in [0.717, 1.165) is 0 Å². The number of hydrogen-bond acceptors (Lipinski definition) is 6. The highest BCUT2D eigenvalue weighted by Gasteiger charge is 2.13. The van der Waals surface area contributed by atoms with Gasteiger partial charge in [-0.1, -0.05) is 11.6 Å². The molecule has 158 valence electrons. The highest BCUT2D eigenvalue weighted by atomic mass is 35.5. The fourth-order valence-electron chi connectivity index (χ4n) is 2.53.